The van der Waals surface area contributed by atoms with Gasteiger partial charge < -0.3 is 19.8 Å². The standard InChI is InChI=1S/C33H51N3O6S/c1-5-23-27-17-21(37)11-13-33(27,4)26-12-14-32(3)24(8-9-25(32)29(26)30(23)38)20(2)19-42-31(39)35-43(40,41)22-7-10-28(34-18-22)36-15-6-16-36/h7,10,18,20-21,23-27,29-30,37-38H,5-6,8-9,11-17,19H2,1-4H3,(H,35,39)/t20-,21-,23-,24-,25+,26+,27+,29+,30-,32-,33-/m1/s1. The number of fused-ring (bicyclic) bond motifs is 5. The van der Waals surface area contributed by atoms with E-state index in [-0.39, 0.29) is 52.3 Å². The summed E-state index contributed by atoms with van der Waals surface area (Å²) in [5, 5.41) is 22.4. The van der Waals surface area contributed by atoms with Crippen LogP contribution in [0.25, 0.3) is 0 Å². The summed E-state index contributed by atoms with van der Waals surface area (Å²) in [6, 6.07) is 3.13. The number of amides is 1. The Balaban J connectivity index is 1.09. The van der Waals surface area contributed by atoms with Gasteiger partial charge in [0.05, 0.1) is 18.8 Å². The molecule has 240 valence electrons. The smallest absolute Gasteiger partial charge is 0.421 e. The number of anilines is 1. The van der Waals surface area contributed by atoms with Crippen LogP contribution in [0.3, 0.4) is 0 Å². The maximum atomic E-state index is 12.8. The Morgan fingerprint density at radius 2 is 1.81 bits per heavy atom. The summed E-state index contributed by atoms with van der Waals surface area (Å²) < 4.78 is 33.2. The van der Waals surface area contributed by atoms with Gasteiger partial charge >= 0.3 is 6.09 Å². The third-order valence-electron chi connectivity index (χ3n) is 13.1. The number of hydrogen-bond donors (Lipinski definition) is 3. The molecular weight excluding hydrogens is 566 g/mol. The third kappa shape index (κ3) is 5.27. The lowest BCUT2D eigenvalue weighted by Gasteiger charge is -2.64. The van der Waals surface area contributed by atoms with E-state index >= 15 is 0 Å². The molecule has 4 aliphatic carbocycles. The molecule has 5 fully saturated rings. The van der Waals surface area contributed by atoms with Gasteiger partial charge in [-0.2, -0.15) is 0 Å². The van der Waals surface area contributed by atoms with Crippen molar-refractivity contribution in [1.29, 1.82) is 0 Å². The average Bonchev–Trinajstić information content (AvgIpc) is 3.29. The van der Waals surface area contributed by atoms with Gasteiger partial charge in [0.1, 0.15) is 10.7 Å². The molecule has 43 heavy (non-hydrogen) atoms. The number of aliphatic hydroxyl groups excluding tert-OH is 2. The van der Waals surface area contributed by atoms with Crippen LogP contribution < -0.4 is 9.62 Å². The summed E-state index contributed by atoms with van der Waals surface area (Å²) in [7, 11) is -4.08. The lowest BCUT2D eigenvalue weighted by Crippen LogP contribution is -2.62. The maximum absolute atomic E-state index is 12.8. The fraction of sp³-hybridized carbons (Fsp3) is 0.818. The number of rotatable bonds is 7. The van der Waals surface area contributed by atoms with E-state index in [1.165, 1.54) is 12.3 Å². The SMILES string of the molecule is CC[C@H]1[C@@H](O)[C@@H]2[C@H](CC[C@]3(C)[C@@H]([C@H](C)COC(=O)NS(=O)(=O)c4ccc(N5CCC5)nc4)CC[C@@H]23)[C@@]2(C)CC[C@@H](O)C[C@@H]12. The molecule has 0 bridgehead atoms. The molecule has 1 aromatic heterocycles. The number of nitrogens with zero attached hydrogens (tertiary/aromatic N) is 2. The van der Waals surface area contributed by atoms with E-state index in [4.69, 9.17) is 4.74 Å². The lowest BCUT2D eigenvalue weighted by molar-refractivity contribution is -0.203. The average molecular weight is 618 g/mol. The molecule has 10 heteroatoms. The van der Waals surface area contributed by atoms with Crippen molar-refractivity contribution in [2.75, 3.05) is 24.6 Å². The molecule has 0 radical (unpaired) electrons. The van der Waals surface area contributed by atoms with E-state index in [9.17, 15) is 23.4 Å². The first-order chi connectivity index (χ1) is 20.4. The third-order valence-corrected chi connectivity index (χ3v) is 14.4. The monoisotopic (exact) mass is 617 g/mol. The zero-order chi connectivity index (χ0) is 30.7. The second-order valence-electron chi connectivity index (χ2n) is 15.0. The second-order valence-corrected chi connectivity index (χ2v) is 16.7. The largest absolute Gasteiger partial charge is 0.449 e. The molecule has 1 aromatic rings. The molecule has 0 aromatic carbocycles. The summed E-state index contributed by atoms with van der Waals surface area (Å²) in [6.07, 6.45) is 8.72. The normalized spacial score (nSPS) is 41.3. The molecule has 0 unspecified atom stereocenters. The first kappa shape index (κ1) is 31.1. The number of pyridine rings is 1. The molecule has 5 aliphatic rings. The number of nitrogens with one attached hydrogen (secondary N) is 1. The molecule has 1 aliphatic heterocycles. The van der Waals surface area contributed by atoms with E-state index in [1.54, 1.807) is 6.07 Å². The number of aromatic nitrogens is 1. The predicted octanol–water partition coefficient (Wildman–Crippen LogP) is 4.97. The van der Waals surface area contributed by atoms with Crippen molar-refractivity contribution in [3.8, 4) is 0 Å². The molecule has 0 spiro atoms. The quantitative estimate of drug-likeness (QED) is 0.391. The molecule has 4 saturated carbocycles. The maximum Gasteiger partial charge on any atom is 0.421 e. The molecule has 11 atom stereocenters. The molecule has 9 nitrogen and oxygen atoms in total. The van der Waals surface area contributed by atoms with Gasteiger partial charge in [0.2, 0.25) is 0 Å². The summed E-state index contributed by atoms with van der Waals surface area (Å²) >= 11 is 0. The first-order valence-corrected chi connectivity index (χ1v) is 18.1. The van der Waals surface area contributed by atoms with Gasteiger partial charge in [-0.25, -0.2) is 22.9 Å². The number of carbonyl (C=O) groups is 1. The van der Waals surface area contributed by atoms with Gasteiger partial charge in [0.15, 0.2) is 0 Å². The van der Waals surface area contributed by atoms with Crippen LogP contribution in [-0.4, -0.2) is 61.6 Å². The van der Waals surface area contributed by atoms with Crippen molar-refractivity contribution >= 4 is 21.9 Å². The summed E-state index contributed by atoms with van der Waals surface area (Å²) in [4.78, 5) is 18.9. The molecule has 1 amide bonds. The highest BCUT2D eigenvalue weighted by atomic mass is 32.2. The van der Waals surface area contributed by atoms with E-state index in [0.717, 1.165) is 76.7 Å². The topological polar surface area (TPSA) is 129 Å². The highest BCUT2D eigenvalue weighted by molar-refractivity contribution is 7.90. The number of carbonyl (C=O) groups excluding carboxylic acids is 1. The minimum atomic E-state index is -4.08. The van der Waals surface area contributed by atoms with E-state index in [0.29, 0.717) is 23.7 Å². The number of aliphatic hydroxyl groups is 2. The van der Waals surface area contributed by atoms with Gasteiger partial charge in [0.25, 0.3) is 10.0 Å². The highest BCUT2D eigenvalue weighted by Crippen LogP contribution is 2.69. The minimum Gasteiger partial charge on any atom is -0.449 e. The summed E-state index contributed by atoms with van der Waals surface area (Å²) in [5.41, 5.74) is 0.194. The minimum absolute atomic E-state index is 0.0347. The van der Waals surface area contributed by atoms with Crippen molar-refractivity contribution in [1.82, 2.24) is 9.71 Å². The fourth-order valence-electron chi connectivity index (χ4n) is 10.7. The Labute approximate surface area is 257 Å². The summed E-state index contributed by atoms with van der Waals surface area (Å²) in [6.45, 7) is 11.1. The van der Waals surface area contributed by atoms with E-state index in [1.807, 2.05) is 0 Å². The number of ether oxygens (including phenoxy) is 1. The van der Waals surface area contributed by atoms with Crippen LogP contribution in [0.15, 0.2) is 23.2 Å². The molecule has 6 rings (SSSR count). The van der Waals surface area contributed by atoms with Crippen molar-refractivity contribution in [2.24, 2.45) is 52.3 Å². The van der Waals surface area contributed by atoms with E-state index < -0.39 is 16.1 Å². The number of hydrogen-bond acceptors (Lipinski definition) is 8. The molecule has 1 saturated heterocycles. The Hall–Kier alpha value is -1.91. The van der Waals surface area contributed by atoms with Crippen molar-refractivity contribution < 1.29 is 28.2 Å². The summed E-state index contributed by atoms with van der Waals surface area (Å²) in [5.74, 6) is 2.85. The van der Waals surface area contributed by atoms with Crippen molar-refractivity contribution in [3.05, 3.63) is 18.3 Å². The Morgan fingerprint density at radius 3 is 2.47 bits per heavy atom. The van der Waals surface area contributed by atoms with Crippen molar-refractivity contribution in [3.63, 3.8) is 0 Å². The second kappa shape index (κ2) is 11.5. The van der Waals surface area contributed by atoms with Crippen LogP contribution >= 0.6 is 0 Å². The zero-order valence-corrected chi connectivity index (χ0v) is 27.1. The number of sulfonamides is 1. The Kier molecular flexibility index (Phi) is 8.29. The zero-order valence-electron chi connectivity index (χ0n) is 26.2. The van der Waals surface area contributed by atoms with Gasteiger partial charge in [-0.1, -0.05) is 34.1 Å². The Morgan fingerprint density at radius 1 is 1.09 bits per heavy atom. The van der Waals surface area contributed by atoms with Gasteiger partial charge in [-0.15, -0.1) is 0 Å². The predicted molar refractivity (Wildman–Crippen MR) is 164 cm³/mol. The van der Waals surface area contributed by atoms with E-state index in [2.05, 4.69) is 42.3 Å². The van der Waals surface area contributed by atoms with Gasteiger partial charge in [0, 0.05) is 19.3 Å². The highest BCUT2D eigenvalue weighted by Gasteiger charge is 2.65. The molecule has 3 N–H and O–H groups in total. The van der Waals surface area contributed by atoms with Crippen LogP contribution in [0.1, 0.15) is 85.5 Å². The van der Waals surface area contributed by atoms with Crippen LogP contribution in [0.5, 0.6) is 0 Å². The Bertz CT molecular complexity index is 1290. The van der Waals surface area contributed by atoms with Crippen LogP contribution in [0.4, 0.5) is 10.6 Å². The van der Waals surface area contributed by atoms with Crippen molar-refractivity contribution in [2.45, 2.75) is 103 Å². The molecular formula is C33H51N3O6S. The first-order valence-electron chi connectivity index (χ1n) is 16.7. The fourth-order valence-corrected chi connectivity index (χ4v) is 11.6. The molecule has 2 heterocycles. The van der Waals surface area contributed by atoms with Gasteiger partial charge in [-0.3, -0.25) is 0 Å². The van der Waals surface area contributed by atoms with Gasteiger partial charge in [-0.05, 0) is 116 Å². The van der Waals surface area contributed by atoms with Crippen LogP contribution in [0.2, 0.25) is 0 Å². The van der Waals surface area contributed by atoms with Crippen LogP contribution in [0, 0.1) is 52.3 Å². The lowest BCUT2D eigenvalue weighted by atomic mass is 9.41. The van der Waals surface area contributed by atoms with Crippen LogP contribution in [-0.2, 0) is 14.8 Å².